The van der Waals surface area contributed by atoms with E-state index in [-0.39, 0.29) is 5.91 Å². The zero-order chi connectivity index (χ0) is 20.1. The lowest BCUT2D eigenvalue weighted by Gasteiger charge is -2.17. The highest BCUT2D eigenvalue weighted by Crippen LogP contribution is 2.28. The van der Waals surface area contributed by atoms with Crippen LogP contribution in [0.5, 0.6) is 11.5 Å². The van der Waals surface area contributed by atoms with Gasteiger partial charge in [-0.25, -0.2) is 0 Å². The van der Waals surface area contributed by atoms with Crippen LogP contribution in [0.25, 0.3) is 11.0 Å². The molecule has 0 atom stereocenters. The second-order valence-electron chi connectivity index (χ2n) is 6.88. The Kier molecular flexibility index (Phi) is 6.24. The molecule has 1 amide bonds. The maximum absolute atomic E-state index is 12.7. The number of fused-ring (bicyclic) bond motifs is 1. The summed E-state index contributed by atoms with van der Waals surface area (Å²) in [6.45, 7) is 2.74. The van der Waals surface area contributed by atoms with Crippen LogP contribution in [-0.4, -0.2) is 38.6 Å². The number of furan rings is 1. The smallest absolute Gasteiger partial charge is 0.226 e. The van der Waals surface area contributed by atoms with E-state index in [1.165, 1.54) is 5.56 Å². The lowest BCUT2D eigenvalue weighted by molar-refractivity contribution is -0.129. The Labute approximate surface area is 165 Å². The van der Waals surface area contributed by atoms with E-state index in [0.29, 0.717) is 24.5 Å². The number of carbonyl (C=O) groups excluding carboxylic acids is 1. The molecule has 0 radical (unpaired) electrons. The van der Waals surface area contributed by atoms with Crippen molar-refractivity contribution in [2.24, 2.45) is 0 Å². The number of ether oxygens (including phenoxy) is 2. The largest absolute Gasteiger partial charge is 0.493 e. The average molecular weight is 381 g/mol. The van der Waals surface area contributed by atoms with E-state index in [2.05, 4.69) is 13.0 Å². The second-order valence-corrected chi connectivity index (χ2v) is 6.88. The van der Waals surface area contributed by atoms with Gasteiger partial charge in [0.25, 0.3) is 0 Å². The molecular weight excluding hydrogens is 354 g/mol. The van der Waals surface area contributed by atoms with Crippen LogP contribution in [0.4, 0.5) is 0 Å². The van der Waals surface area contributed by atoms with Gasteiger partial charge in [0.05, 0.1) is 26.9 Å². The molecule has 3 rings (SSSR count). The van der Waals surface area contributed by atoms with Gasteiger partial charge in [-0.2, -0.15) is 0 Å². The summed E-state index contributed by atoms with van der Waals surface area (Å²) in [4.78, 5) is 14.4. The van der Waals surface area contributed by atoms with Crippen LogP contribution in [-0.2, 0) is 24.1 Å². The molecule has 148 valence electrons. The summed E-state index contributed by atoms with van der Waals surface area (Å²) in [5, 5.41) is 1.01. The second kappa shape index (κ2) is 8.83. The molecule has 1 heterocycles. The van der Waals surface area contributed by atoms with Gasteiger partial charge in [0.2, 0.25) is 5.91 Å². The third-order valence-electron chi connectivity index (χ3n) is 5.08. The van der Waals surface area contributed by atoms with E-state index in [9.17, 15) is 4.79 Å². The fraction of sp³-hybridized carbons (Fsp3) is 0.348. The summed E-state index contributed by atoms with van der Waals surface area (Å²) in [6, 6.07) is 12.0. The van der Waals surface area contributed by atoms with Crippen molar-refractivity contribution in [1.82, 2.24) is 4.90 Å². The molecular formula is C23H27NO4. The van der Waals surface area contributed by atoms with E-state index >= 15 is 0 Å². The molecule has 0 saturated carbocycles. The minimum absolute atomic E-state index is 0.0720. The molecule has 28 heavy (non-hydrogen) atoms. The minimum Gasteiger partial charge on any atom is -0.493 e. The van der Waals surface area contributed by atoms with Gasteiger partial charge in [0.1, 0.15) is 5.58 Å². The lowest BCUT2D eigenvalue weighted by atomic mass is 10.1. The summed E-state index contributed by atoms with van der Waals surface area (Å²) in [7, 11) is 5.07. The van der Waals surface area contributed by atoms with Crippen molar-refractivity contribution in [2.45, 2.75) is 26.2 Å². The Hall–Kier alpha value is -2.95. The Morgan fingerprint density at radius 3 is 2.50 bits per heavy atom. The number of rotatable bonds is 8. The summed E-state index contributed by atoms with van der Waals surface area (Å²) in [5.74, 6) is 1.47. The van der Waals surface area contributed by atoms with Crippen LogP contribution in [0.2, 0.25) is 0 Å². The molecule has 2 aromatic carbocycles. The van der Waals surface area contributed by atoms with Crippen LogP contribution in [0.3, 0.4) is 0 Å². The Bertz CT molecular complexity index is 960. The van der Waals surface area contributed by atoms with Gasteiger partial charge < -0.3 is 18.8 Å². The maximum atomic E-state index is 12.7. The van der Waals surface area contributed by atoms with Crippen molar-refractivity contribution in [3.8, 4) is 11.5 Å². The molecule has 0 saturated heterocycles. The van der Waals surface area contributed by atoms with E-state index in [0.717, 1.165) is 34.9 Å². The van der Waals surface area contributed by atoms with Crippen molar-refractivity contribution in [3.63, 3.8) is 0 Å². The fourth-order valence-corrected chi connectivity index (χ4v) is 3.24. The number of hydrogen-bond donors (Lipinski definition) is 0. The van der Waals surface area contributed by atoms with Gasteiger partial charge in [-0.05, 0) is 42.2 Å². The summed E-state index contributed by atoms with van der Waals surface area (Å²) < 4.78 is 16.3. The topological polar surface area (TPSA) is 51.9 Å². The Balaban J connectivity index is 1.62. The molecule has 0 aliphatic carbocycles. The third kappa shape index (κ3) is 4.30. The number of likely N-dealkylation sites (N-methyl/N-ethyl adjacent to an activating group) is 1. The number of hydrogen-bond acceptors (Lipinski definition) is 4. The summed E-state index contributed by atoms with van der Waals surface area (Å²) in [5.41, 5.74) is 4.10. The molecule has 1 aromatic heterocycles. The molecule has 5 heteroatoms. The number of carbonyl (C=O) groups is 1. The van der Waals surface area contributed by atoms with E-state index < -0.39 is 0 Å². The lowest BCUT2D eigenvalue weighted by Crippen LogP contribution is -2.30. The van der Waals surface area contributed by atoms with Crippen molar-refractivity contribution >= 4 is 16.9 Å². The quantitative estimate of drug-likeness (QED) is 0.585. The highest BCUT2D eigenvalue weighted by Gasteiger charge is 2.15. The molecule has 0 bridgehead atoms. The molecule has 3 aromatic rings. The first kappa shape index (κ1) is 19.8. The first-order chi connectivity index (χ1) is 13.5. The van der Waals surface area contributed by atoms with E-state index in [4.69, 9.17) is 13.9 Å². The van der Waals surface area contributed by atoms with Crippen molar-refractivity contribution in [3.05, 3.63) is 59.4 Å². The SMILES string of the molecule is CCc1ccc2c(CC(=O)N(C)CCc3ccc(OC)c(OC)c3)coc2c1. The van der Waals surface area contributed by atoms with Crippen molar-refractivity contribution < 1.29 is 18.7 Å². The number of nitrogens with zero attached hydrogens (tertiary/aromatic N) is 1. The molecule has 0 fully saturated rings. The Morgan fingerprint density at radius 1 is 1.04 bits per heavy atom. The van der Waals surface area contributed by atoms with Crippen molar-refractivity contribution in [2.75, 3.05) is 27.8 Å². The molecule has 0 aliphatic rings. The molecule has 0 N–H and O–H groups in total. The van der Waals surface area contributed by atoms with Gasteiger partial charge >= 0.3 is 0 Å². The number of methoxy groups -OCH3 is 2. The van der Waals surface area contributed by atoms with Gasteiger partial charge in [-0.1, -0.05) is 25.1 Å². The maximum Gasteiger partial charge on any atom is 0.226 e. The van der Waals surface area contributed by atoms with E-state index in [1.807, 2.05) is 37.4 Å². The van der Waals surface area contributed by atoms with Gasteiger partial charge in [-0.15, -0.1) is 0 Å². The molecule has 5 nitrogen and oxygen atoms in total. The molecule has 0 unspecified atom stereocenters. The highest BCUT2D eigenvalue weighted by atomic mass is 16.5. The third-order valence-corrected chi connectivity index (χ3v) is 5.08. The summed E-state index contributed by atoms with van der Waals surface area (Å²) in [6.07, 6.45) is 3.74. The van der Waals surface area contributed by atoms with Gasteiger partial charge in [-0.3, -0.25) is 4.79 Å². The Morgan fingerprint density at radius 2 is 1.79 bits per heavy atom. The van der Waals surface area contributed by atoms with E-state index in [1.54, 1.807) is 25.4 Å². The van der Waals surface area contributed by atoms with Gasteiger partial charge in [0.15, 0.2) is 11.5 Å². The van der Waals surface area contributed by atoms with Gasteiger partial charge in [0, 0.05) is 24.5 Å². The molecule has 0 spiro atoms. The van der Waals surface area contributed by atoms with Crippen LogP contribution in [0.15, 0.2) is 47.1 Å². The number of benzene rings is 2. The van der Waals surface area contributed by atoms with Crippen LogP contribution in [0.1, 0.15) is 23.6 Å². The minimum atomic E-state index is 0.0720. The van der Waals surface area contributed by atoms with Crippen molar-refractivity contribution in [1.29, 1.82) is 0 Å². The predicted molar refractivity (Wildman–Crippen MR) is 110 cm³/mol. The summed E-state index contributed by atoms with van der Waals surface area (Å²) >= 11 is 0. The number of aryl methyl sites for hydroxylation is 1. The first-order valence-corrected chi connectivity index (χ1v) is 9.49. The normalized spacial score (nSPS) is 10.9. The zero-order valence-electron chi connectivity index (χ0n) is 17.0. The fourth-order valence-electron chi connectivity index (χ4n) is 3.24. The molecule has 0 aliphatic heterocycles. The monoisotopic (exact) mass is 381 g/mol. The highest BCUT2D eigenvalue weighted by molar-refractivity contribution is 5.87. The van der Waals surface area contributed by atoms with Crippen LogP contribution in [0, 0.1) is 0 Å². The van der Waals surface area contributed by atoms with Crippen LogP contribution >= 0.6 is 0 Å². The average Bonchev–Trinajstić information content (AvgIpc) is 3.13. The standard InChI is InChI=1S/C23H27NO4/c1-5-16-6-8-19-18(15-28-21(19)12-16)14-23(25)24(2)11-10-17-7-9-20(26-3)22(13-17)27-4/h6-9,12-13,15H,5,10-11,14H2,1-4H3. The number of amides is 1. The zero-order valence-corrected chi connectivity index (χ0v) is 17.0. The first-order valence-electron chi connectivity index (χ1n) is 9.49. The predicted octanol–water partition coefficient (Wildman–Crippen LogP) is 4.26. The van der Waals surface area contributed by atoms with Crippen LogP contribution < -0.4 is 9.47 Å².